The summed E-state index contributed by atoms with van der Waals surface area (Å²) in [4.78, 5) is 25.0. The van der Waals surface area contributed by atoms with Gasteiger partial charge in [-0.2, -0.15) is 13.2 Å². The van der Waals surface area contributed by atoms with Crippen molar-refractivity contribution in [3.05, 3.63) is 27.7 Å². The molecule has 1 amide bonds. The van der Waals surface area contributed by atoms with E-state index in [1.54, 1.807) is 5.38 Å². The molecule has 2 aliphatic heterocycles. The van der Waals surface area contributed by atoms with E-state index in [-0.39, 0.29) is 23.7 Å². The van der Waals surface area contributed by atoms with Gasteiger partial charge in [-0.15, -0.1) is 11.3 Å². The fourth-order valence-corrected chi connectivity index (χ4v) is 5.53. The summed E-state index contributed by atoms with van der Waals surface area (Å²) < 4.78 is 49.7. The molecule has 0 radical (unpaired) electrons. The highest BCUT2D eigenvalue weighted by molar-refractivity contribution is 8.13. The SMILES string of the molecule is Cc1nc(C(=O)Nc2csc([C@]34CO[C@@H](C)C[C@H]3CSC(N)=N4)n2)c(C(F)(F)F)o1. The maximum absolute atomic E-state index is 13.1. The van der Waals surface area contributed by atoms with Gasteiger partial charge in [0.25, 0.3) is 5.91 Å². The van der Waals surface area contributed by atoms with Crippen LogP contribution in [0.4, 0.5) is 19.0 Å². The van der Waals surface area contributed by atoms with Crippen LogP contribution in [-0.4, -0.2) is 39.5 Å². The van der Waals surface area contributed by atoms with Crippen molar-refractivity contribution in [3.8, 4) is 0 Å². The Labute approximate surface area is 177 Å². The molecule has 0 spiro atoms. The number of aliphatic imine (C=N–C) groups is 1. The van der Waals surface area contributed by atoms with Crippen molar-refractivity contribution >= 4 is 40.0 Å². The number of ether oxygens (including phenoxy) is 1. The average Bonchev–Trinajstić information content (AvgIpc) is 3.29. The standard InChI is InChI=1S/C17H18F3N5O3S2/c1-7-3-9-4-30-15(21)25-16(9,6-27-7)14-24-10(5-29-14)23-13(26)11-12(17(18,19)20)28-8(2)22-11/h5,7,9H,3-4,6H2,1-2H3,(H2,21,25)(H,23,26)/t7-,9-,16-/m0/s1. The van der Waals surface area contributed by atoms with Crippen molar-refractivity contribution in [2.24, 2.45) is 16.6 Å². The van der Waals surface area contributed by atoms with Crippen LogP contribution >= 0.6 is 23.1 Å². The number of fused-ring (bicyclic) bond motifs is 1. The van der Waals surface area contributed by atoms with Crippen molar-refractivity contribution < 1.29 is 27.1 Å². The lowest BCUT2D eigenvalue weighted by Gasteiger charge is -2.44. The molecule has 2 aliphatic rings. The van der Waals surface area contributed by atoms with Crippen LogP contribution in [0.25, 0.3) is 0 Å². The summed E-state index contributed by atoms with van der Waals surface area (Å²) in [6.45, 7) is 3.52. The van der Waals surface area contributed by atoms with Gasteiger partial charge >= 0.3 is 6.18 Å². The number of carbonyl (C=O) groups excluding carboxylic acids is 1. The van der Waals surface area contributed by atoms with E-state index < -0.39 is 29.1 Å². The van der Waals surface area contributed by atoms with Crippen LogP contribution in [0, 0.1) is 12.8 Å². The molecule has 162 valence electrons. The molecule has 3 atom stereocenters. The first-order valence-electron chi connectivity index (χ1n) is 9.00. The predicted molar refractivity (Wildman–Crippen MR) is 106 cm³/mol. The van der Waals surface area contributed by atoms with E-state index in [1.807, 2.05) is 6.92 Å². The van der Waals surface area contributed by atoms with Gasteiger partial charge in [0.1, 0.15) is 16.4 Å². The molecule has 8 nitrogen and oxygen atoms in total. The Hall–Kier alpha value is -2.12. The molecule has 0 unspecified atom stereocenters. The van der Waals surface area contributed by atoms with Crippen molar-refractivity contribution in [2.75, 3.05) is 17.7 Å². The topological polar surface area (TPSA) is 116 Å². The Morgan fingerprint density at radius 3 is 2.90 bits per heavy atom. The molecule has 4 heterocycles. The third-order valence-electron chi connectivity index (χ3n) is 4.94. The van der Waals surface area contributed by atoms with Gasteiger partial charge in [-0.25, -0.2) is 15.0 Å². The number of rotatable bonds is 3. The second kappa shape index (κ2) is 7.54. The highest BCUT2D eigenvalue weighted by Crippen LogP contribution is 2.47. The smallest absolute Gasteiger partial charge is 0.436 e. The molecule has 1 fully saturated rings. The summed E-state index contributed by atoms with van der Waals surface area (Å²) in [7, 11) is 0. The number of aryl methyl sites for hydroxylation is 1. The number of anilines is 1. The second-order valence-corrected chi connectivity index (χ2v) is 9.04. The number of aromatic nitrogens is 2. The zero-order chi connectivity index (χ0) is 21.7. The first-order valence-corrected chi connectivity index (χ1v) is 10.9. The number of oxazole rings is 1. The zero-order valence-corrected chi connectivity index (χ0v) is 17.6. The van der Waals surface area contributed by atoms with Crippen LogP contribution in [0.1, 0.15) is 40.5 Å². The molecule has 3 N–H and O–H groups in total. The lowest BCUT2D eigenvalue weighted by molar-refractivity contribution is -0.153. The van der Waals surface area contributed by atoms with E-state index in [2.05, 4.69) is 24.7 Å². The summed E-state index contributed by atoms with van der Waals surface area (Å²) in [5, 5.41) is 4.93. The number of hydrogen-bond acceptors (Lipinski definition) is 9. The average molecular weight is 461 g/mol. The van der Waals surface area contributed by atoms with Gasteiger partial charge in [0, 0.05) is 24.0 Å². The Bertz CT molecular complexity index is 1010. The van der Waals surface area contributed by atoms with Crippen LogP contribution < -0.4 is 11.1 Å². The molecular weight excluding hydrogens is 443 g/mol. The lowest BCUT2D eigenvalue weighted by atomic mass is 9.80. The maximum atomic E-state index is 13.1. The summed E-state index contributed by atoms with van der Waals surface area (Å²) >= 11 is 2.72. The number of nitrogens with one attached hydrogen (secondary N) is 1. The maximum Gasteiger partial charge on any atom is 0.452 e. The Morgan fingerprint density at radius 2 is 2.17 bits per heavy atom. The van der Waals surface area contributed by atoms with E-state index >= 15 is 0 Å². The molecule has 4 rings (SSSR count). The zero-order valence-electron chi connectivity index (χ0n) is 15.9. The minimum atomic E-state index is -4.84. The summed E-state index contributed by atoms with van der Waals surface area (Å²) in [6, 6.07) is 0. The van der Waals surface area contributed by atoms with Crippen molar-refractivity contribution in [1.29, 1.82) is 0 Å². The van der Waals surface area contributed by atoms with Gasteiger partial charge in [-0.3, -0.25) is 4.79 Å². The first kappa shape index (κ1) is 21.1. The Balaban J connectivity index is 1.61. The minimum Gasteiger partial charge on any atom is -0.436 e. The molecule has 2 aromatic heterocycles. The number of carbonyl (C=O) groups is 1. The quantitative estimate of drug-likeness (QED) is 0.720. The number of thioether (sulfide) groups is 1. The normalized spacial score (nSPS) is 26.8. The molecular formula is C17H18F3N5O3S2. The molecule has 13 heteroatoms. The highest BCUT2D eigenvalue weighted by Gasteiger charge is 2.49. The monoisotopic (exact) mass is 461 g/mol. The molecule has 0 bridgehead atoms. The molecule has 1 saturated heterocycles. The molecule has 0 aromatic carbocycles. The summed E-state index contributed by atoms with van der Waals surface area (Å²) in [5.41, 5.74) is 4.36. The molecule has 30 heavy (non-hydrogen) atoms. The predicted octanol–water partition coefficient (Wildman–Crippen LogP) is 3.39. The number of hydrogen-bond donors (Lipinski definition) is 2. The van der Waals surface area contributed by atoms with E-state index in [4.69, 9.17) is 10.5 Å². The van der Waals surface area contributed by atoms with Crippen LogP contribution in [0.3, 0.4) is 0 Å². The number of nitrogens with zero attached hydrogens (tertiary/aromatic N) is 3. The number of halogens is 3. The van der Waals surface area contributed by atoms with Gasteiger partial charge < -0.3 is 20.2 Å². The Morgan fingerprint density at radius 1 is 1.40 bits per heavy atom. The number of amides is 1. The number of alkyl halides is 3. The van der Waals surface area contributed by atoms with Crippen LogP contribution in [-0.2, 0) is 16.5 Å². The fraction of sp³-hybridized carbons (Fsp3) is 0.529. The van der Waals surface area contributed by atoms with Gasteiger partial charge in [-0.05, 0) is 13.3 Å². The van der Waals surface area contributed by atoms with E-state index in [0.717, 1.165) is 12.2 Å². The third kappa shape index (κ3) is 3.81. The van der Waals surface area contributed by atoms with Crippen LogP contribution in [0.15, 0.2) is 14.8 Å². The van der Waals surface area contributed by atoms with Crippen molar-refractivity contribution in [3.63, 3.8) is 0 Å². The molecule has 0 aliphatic carbocycles. The van der Waals surface area contributed by atoms with Gasteiger partial charge in [-0.1, -0.05) is 11.8 Å². The van der Waals surface area contributed by atoms with Gasteiger partial charge in [0.05, 0.1) is 12.7 Å². The fourth-order valence-electron chi connectivity index (χ4n) is 3.56. The van der Waals surface area contributed by atoms with Gasteiger partial charge in [0.2, 0.25) is 5.76 Å². The second-order valence-electron chi connectivity index (χ2n) is 7.14. The van der Waals surface area contributed by atoms with Gasteiger partial charge in [0.15, 0.2) is 16.8 Å². The summed E-state index contributed by atoms with van der Waals surface area (Å²) in [5.74, 6) is -1.75. The van der Waals surface area contributed by atoms with Crippen molar-refractivity contribution in [2.45, 2.75) is 38.1 Å². The van der Waals surface area contributed by atoms with Crippen LogP contribution in [0.5, 0.6) is 0 Å². The van der Waals surface area contributed by atoms with Crippen molar-refractivity contribution in [1.82, 2.24) is 9.97 Å². The first-order chi connectivity index (χ1) is 14.1. The number of nitrogens with two attached hydrogens (primary N) is 1. The third-order valence-corrected chi connectivity index (χ3v) is 6.91. The Kier molecular flexibility index (Phi) is 5.31. The van der Waals surface area contributed by atoms with E-state index in [9.17, 15) is 18.0 Å². The lowest BCUT2D eigenvalue weighted by Crippen LogP contribution is -2.49. The van der Waals surface area contributed by atoms with Crippen LogP contribution in [0.2, 0.25) is 0 Å². The molecule has 0 saturated carbocycles. The summed E-state index contributed by atoms with van der Waals surface area (Å²) in [6.07, 6.45) is -3.98. The van der Waals surface area contributed by atoms with E-state index in [1.165, 1.54) is 30.0 Å². The number of thiazole rings is 1. The minimum absolute atomic E-state index is 0.0774. The number of amidine groups is 1. The van der Waals surface area contributed by atoms with E-state index in [0.29, 0.717) is 16.8 Å². The largest absolute Gasteiger partial charge is 0.452 e. The highest BCUT2D eigenvalue weighted by atomic mass is 32.2. The molecule has 2 aromatic rings.